The molecule has 0 aromatic carbocycles. The van der Waals surface area contributed by atoms with Crippen LogP contribution in [0.4, 0.5) is 0 Å². The number of epoxide rings is 1. The highest BCUT2D eigenvalue weighted by Gasteiger charge is 2.55. The second-order valence-corrected chi connectivity index (χ2v) is 3.00. The normalized spacial score (nSPS) is 55.4. The second kappa shape index (κ2) is 2.42. The highest BCUT2D eigenvalue weighted by Crippen LogP contribution is 2.36. The Balaban J connectivity index is 2.05. The minimum atomic E-state index is -0.534. The number of aliphatic hydroxyl groups excluding tert-OH is 1. The smallest absolute Gasteiger partial charge is 0.187 e. The van der Waals surface area contributed by atoms with Crippen molar-refractivity contribution in [1.29, 1.82) is 0 Å². The van der Waals surface area contributed by atoms with E-state index in [-0.39, 0.29) is 24.6 Å². The average molecular weight is 160 g/mol. The molecule has 2 aliphatic heterocycles. The number of methoxy groups -OCH3 is 1. The van der Waals surface area contributed by atoms with Crippen LogP contribution in [0, 0.1) is 0 Å². The fourth-order valence-electron chi connectivity index (χ4n) is 1.55. The highest BCUT2D eigenvalue weighted by molar-refractivity contribution is 4.96. The van der Waals surface area contributed by atoms with E-state index in [1.165, 1.54) is 0 Å². The first-order valence-corrected chi connectivity index (χ1v) is 3.76. The van der Waals surface area contributed by atoms with Gasteiger partial charge in [0.15, 0.2) is 6.29 Å². The fourth-order valence-corrected chi connectivity index (χ4v) is 1.55. The summed E-state index contributed by atoms with van der Waals surface area (Å²) in [5.74, 6) is 0. The van der Waals surface area contributed by atoms with Crippen LogP contribution in [0.2, 0.25) is 0 Å². The summed E-state index contributed by atoms with van der Waals surface area (Å²) >= 11 is 0. The molecular formula is C7H12O4. The molecule has 4 nitrogen and oxygen atoms in total. The van der Waals surface area contributed by atoms with E-state index >= 15 is 0 Å². The van der Waals surface area contributed by atoms with E-state index in [0.29, 0.717) is 0 Å². The van der Waals surface area contributed by atoms with Crippen molar-refractivity contribution in [3.8, 4) is 0 Å². The van der Waals surface area contributed by atoms with Crippen LogP contribution in [-0.4, -0.2) is 42.9 Å². The molecular weight excluding hydrogens is 148 g/mol. The highest BCUT2D eigenvalue weighted by atomic mass is 16.8. The third-order valence-electron chi connectivity index (χ3n) is 2.24. The molecule has 11 heavy (non-hydrogen) atoms. The first-order valence-electron chi connectivity index (χ1n) is 3.76. The van der Waals surface area contributed by atoms with Crippen molar-refractivity contribution in [2.45, 2.75) is 37.6 Å². The zero-order valence-corrected chi connectivity index (χ0v) is 6.56. The lowest BCUT2D eigenvalue weighted by Crippen LogP contribution is -2.47. The van der Waals surface area contributed by atoms with Crippen molar-refractivity contribution >= 4 is 0 Å². The van der Waals surface area contributed by atoms with Gasteiger partial charge in [-0.3, -0.25) is 0 Å². The van der Waals surface area contributed by atoms with E-state index < -0.39 is 6.10 Å². The Kier molecular flexibility index (Phi) is 1.64. The summed E-state index contributed by atoms with van der Waals surface area (Å²) < 4.78 is 15.4. The maximum atomic E-state index is 9.52. The summed E-state index contributed by atoms with van der Waals surface area (Å²) in [6.45, 7) is 1.87. The van der Waals surface area contributed by atoms with Crippen molar-refractivity contribution in [3.05, 3.63) is 0 Å². The van der Waals surface area contributed by atoms with Crippen molar-refractivity contribution < 1.29 is 19.3 Å². The van der Waals surface area contributed by atoms with Crippen molar-refractivity contribution in [2.75, 3.05) is 7.11 Å². The van der Waals surface area contributed by atoms with E-state index in [1.54, 1.807) is 7.11 Å². The van der Waals surface area contributed by atoms with E-state index in [1.807, 2.05) is 6.92 Å². The molecule has 4 heteroatoms. The Hall–Kier alpha value is -0.160. The number of hydrogen-bond donors (Lipinski definition) is 1. The molecule has 2 saturated heterocycles. The molecule has 0 saturated carbocycles. The van der Waals surface area contributed by atoms with Crippen LogP contribution in [0.1, 0.15) is 6.92 Å². The van der Waals surface area contributed by atoms with Gasteiger partial charge >= 0.3 is 0 Å². The van der Waals surface area contributed by atoms with Gasteiger partial charge in [0.1, 0.15) is 18.3 Å². The quantitative estimate of drug-likeness (QED) is 0.526. The molecule has 5 atom stereocenters. The zero-order chi connectivity index (χ0) is 8.01. The van der Waals surface area contributed by atoms with Crippen LogP contribution in [0.5, 0.6) is 0 Å². The van der Waals surface area contributed by atoms with Crippen molar-refractivity contribution in [1.82, 2.24) is 0 Å². The monoisotopic (exact) mass is 160 g/mol. The molecule has 1 N–H and O–H groups in total. The molecule has 0 amide bonds. The molecule has 64 valence electrons. The Morgan fingerprint density at radius 3 is 2.73 bits per heavy atom. The SMILES string of the molecule is COC1C(O)C2OC2O[C@H]1C. The maximum absolute atomic E-state index is 9.52. The number of rotatable bonds is 1. The van der Waals surface area contributed by atoms with Gasteiger partial charge in [-0.15, -0.1) is 0 Å². The van der Waals surface area contributed by atoms with Crippen LogP contribution in [0.3, 0.4) is 0 Å². The molecule has 2 heterocycles. The number of aliphatic hydroxyl groups is 1. The summed E-state index contributed by atoms with van der Waals surface area (Å²) in [6.07, 6.45) is -1.21. The van der Waals surface area contributed by atoms with Gasteiger partial charge in [-0.05, 0) is 6.92 Å². The largest absolute Gasteiger partial charge is 0.387 e. The predicted molar refractivity (Wildman–Crippen MR) is 36.0 cm³/mol. The van der Waals surface area contributed by atoms with Crippen molar-refractivity contribution in [2.24, 2.45) is 0 Å². The van der Waals surface area contributed by atoms with E-state index in [9.17, 15) is 5.11 Å². The Labute approximate surface area is 65.1 Å². The van der Waals surface area contributed by atoms with E-state index in [4.69, 9.17) is 14.2 Å². The molecule has 2 fully saturated rings. The Morgan fingerprint density at radius 2 is 2.09 bits per heavy atom. The topological polar surface area (TPSA) is 51.2 Å². The lowest BCUT2D eigenvalue weighted by Gasteiger charge is -2.29. The third kappa shape index (κ3) is 1.06. The number of fused-ring (bicyclic) bond motifs is 1. The average Bonchev–Trinajstić information content (AvgIpc) is 2.68. The Bertz CT molecular complexity index is 161. The van der Waals surface area contributed by atoms with E-state index in [2.05, 4.69) is 0 Å². The van der Waals surface area contributed by atoms with Crippen LogP contribution in [0.25, 0.3) is 0 Å². The minimum Gasteiger partial charge on any atom is -0.387 e. The van der Waals surface area contributed by atoms with Gasteiger partial charge in [0.25, 0.3) is 0 Å². The standard InChI is InChI=1S/C7H12O4/c1-3-5(9-2)4(8)6-7(10-3)11-6/h3-8H,1-2H3/t3-,4?,5?,6?,7?/m0/s1. The van der Waals surface area contributed by atoms with E-state index in [0.717, 1.165) is 0 Å². The number of ether oxygens (including phenoxy) is 3. The van der Waals surface area contributed by atoms with Gasteiger partial charge in [-0.1, -0.05) is 0 Å². The van der Waals surface area contributed by atoms with Crippen molar-refractivity contribution in [3.63, 3.8) is 0 Å². The minimum absolute atomic E-state index is 0.0845. The third-order valence-corrected chi connectivity index (χ3v) is 2.24. The molecule has 0 aromatic heterocycles. The lowest BCUT2D eigenvalue weighted by molar-refractivity contribution is -0.136. The first-order chi connectivity index (χ1) is 5.24. The maximum Gasteiger partial charge on any atom is 0.187 e. The summed E-state index contributed by atoms with van der Waals surface area (Å²) in [5.41, 5.74) is 0. The van der Waals surface area contributed by atoms with Gasteiger partial charge in [0.2, 0.25) is 0 Å². The zero-order valence-electron chi connectivity index (χ0n) is 6.56. The van der Waals surface area contributed by atoms with Gasteiger partial charge in [-0.2, -0.15) is 0 Å². The molecule has 0 aromatic rings. The van der Waals surface area contributed by atoms with Crippen LogP contribution in [-0.2, 0) is 14.2 Å². The van der Waals surface area contributed by atoms with Gasteiger partial charge in [0, 0.05) is 7.11 Å². The molecule has 0 spiro atoms. The van der Waals surface area contributed by atoms with Gasteiger partial charge in [0.05, 0.1) is 6.10 Å². The van der Waals surface area contributed by atoms with Crippen LogP contribution < -0.4 is 0 Å². The summed E-state index contributed by atoms with van der Waals surface area (Å²) in [5, 5.41) is 9.52. The molecule has 2 aliphatic rings. The lowest BCUT2D eigenvalue weighted by atomic mass is 10.0. The Morgan fingerprint density at radius 1 is 1.36 bits per heavy atom. The summed E-state index contributed by atoms with van der Waals surface area (Å²) in [7, 11) is 1.57. The molecule has 0 bridgehead atoms. The second-order valence-electron chi connectivity index (χ2n) is 3.00. The van der Waals surface area contributed by atoms with Crippen LogP contribution in [0.15, 0.2) is 0 Å². The fraction of sp³-hybridized carbons (Fsp3) is 1.00. The van der Waals surface area contributed by atoms with Gasteiger partial charge < -0.3 is 19.3 Å². The molecule has 2 rings (SSSR count). The predicted octanol–water partition coefficient (Wildman–Crippen LogP) is -0.494. The first kappa shape index (κ1) is 7.49. The molecule has 0 radical (unpaired) electrons. The number of hydrogen-bond acceptors (Lipinski definition) is 4. The summed E-state index contributed by atoms with van der Waals surface area (Å²) in [6, 6.07) is 0. The van der Waals surface area contributed by atoms with Gasteiger partial charge in [-0.25, -0.2) is 0 Å². The molecule has 4 unspecified atom stereocenters. The summed E-state index contributed by atoms with van der Waals surface area (Å²) in [4.78, 5) is 0. The van der Waals surface area contributed by atoms with Crippen LogP contribution >= 0.6 is 0 Å². The molecule has 0 aliphatic carbocycles.